The molecule has 5 nitrogen and oxygen atoms in total. The molecule has 0 saturated carbocycles. The van der Waals surface area contributed by atoms with Gasteiger partial charge in [-0.05, 0) is 26.8 Å². The minimum atomic E-state index is 0.0553. The van der Waals surface area contributed by atoms with Gasteiger partial charge < -0.3 is 10.6 Å². The average Bonchev–Trinajstić information content (AvgIpc) is 2.51. The number of amides is 1. The van der Waals surface area contributed by atoms with Crippen LogP contribution in [0.2, 0.25) is 0 Å². The summed E-state index contributed by atoms with van der Waals surface area (Å²) in [6.07, 6.45) is 1.38. The van der Waals surface area contributed by atoms with Crippen molar-refractivity contribution in [1.29, 1.82) is 0 Å². The van der Waals surface area contributed by atoms with Crippen molar-refractivity contribution in [3.05, 3.63) is 11.4 Å². The zero-order chi connectivity index (χ0) is 13.7. The standard InChI is InChI=1S/C13H24N4O/c1-9(2)14-8-6-7-12(18)15-13-10(3)16-17(5)11(13)4/h9,14H,6-8H2,1-5H3,(H,15,18). The molecule has 0 aliphatic heterocycles. The molecule has 0 unspecified atom stereocenters. The summed E-state index contributed by atoms with van der Waals surface area (Å²) in [4.78, 5) is 11.8. The summed E-state index contributed by atoms with van der Waals surface area (Å²) in [5.74, 6) is 0.0553. The second-order valence-corrected chi connectivity index (χ2v) is 4.93. The fraction of sp³-hybridized carbons (Fsp3) is 0.692. The molecule has 0 bridgehead atoms. The zero-order valence-electron chi connectivity index (χ0n) is 12.0. The molecule has 0 radical (unpaired) electrons. The fourth-order valence-electron chi connectivity index (χ4n) is 1.80. The smallest absolute Gasteiger partial charge is 0.224 e. The zero-order valence-corrected chi connectivity index (χ0v) is 12.0. The van der Waals surface area contributed by atoms with Crippen LogP contribution in [0.15, 0.2) is 0 Å². The first kappa shape index (κ1) is 14.7. The predicted molar refractivity (Wildman–Crippen MR) is 73.7 cm³/mol. The van der Waals surface area contributed by atoms with Crippen LogP contribution in [-0.2, 0) is 11.8 Å². The molecule has 102 valence electrons. The lowest BCUT2D eigenvalue weighted by Gasteiger charge is -2.08. The molecule has 1 heterocycles. The van der Waals surface area contributed by atoms with E-state index in [4.69, 9.17) is 0 Å². The molecule has 1 rings (SSSR count). The SMILES string of the molecule is Cc1nn(C)c(C)c1NC(=O)CCCNC(C)C. The monoisotopic (exact) mass is 252 g/mol. The predicted octanol–water partition coefficient (Wildman–Crippen LogP) is 1.75. The number of aryl methyl sites for hydroxylation is 2. The molecule has 0 spiro atoms. The average molecular weight is 252 g/mol. The van der Waals surface area contributed by atoms with Gasteiger partial charge in [-0.15, -0.1) is 0 Å². The first-order valence-electron chi connectivity index (χ1n) is 6.45. The van der Waals surface area contributed by atoms with Crippen LogP contribution in [0.25, 0.3) is 0 Å². The van der Waals surface area contributed by atoms with E-state index < -0.39 is 0 Å². The Kier molecular flexibility index (Phi) is 5.34. The highest BCUT2D eigenvalue weighted by Crippen LogP contribution is 2.18. The highest BCUT2D eigenvalue weighted by molar-refractivity contribution is 5.91. The van der Waals surface area contributed by atoms with Crippen molar-refractivity contribution in [3.63, 3.8) is 0 Å². The molecule has 2 N–H and O–H groups in total. The van der Waals surface area contributed by atoms with Crippen molar-refractivity contribution >= 4 is 11.6 Å². The van der Waals surface area contributed by atoms with Crippen LogP contribution >= 0.6 is 0 Å². The Morgan fingerprint density at radius 2 is 2.06 bits per heavy atom. The normalized spacial score (nSPS) is 11.0. The third-order valence-electron chi connectivity index (χ3n) is 2.91. The van der Waals surface area contributed by atoms with E-state index in [0.29, 0.717) is 12.5 Å². The second-order valence-electron chi connectivity index (χ2n) is 4.93. The maximum absolute atomic E-state index is 11.8. The summed E-state index contributed by atoms with van der Waals surface area (Å²) >= 11 is 0. The van der Waals surface area contributed by atoms with E-state index in [2.05, 4.69) is 29.6 Å². The minimum Gasteiger partial charge on any atom is -0.323 e. The number of nitrogens with zero attached hydrogens (tertiary/aromatic N) is 2. The van der Waals surface area contributed by atoms with Crippen molar-refractivity contribution in [2.45, 2.75) is 46.6 Å². The van der Waals surface area contributed by atoms with Crippen molar-refractivity contribution in [1.82, 2.24) is 15.1 Å². The van der Waals surface area contributed by atoms with E-state index in [0.717, 1.165) is 30.0 Å². The molecule has 1 aromatic heterocycles. The Hall–Kier alpha value is -1.36. The van der Waals surface area contributed by atoms with E-state index in [1.807, 2.05) is 20.9 Å². The van der Waals surface area contributed by atoms with Gasteiger partial charge in [-0.25, -0.2) is 0 Å². The van der Waals surface area contributed by atoms with E-state index in [1.165, 1.54) is 0 Å². The Morgan fingerprint density at radius 1 is 1.39 bits per heavy atom. The molecule has 18 heavy (non-hydrogen) atoms. The van der Waals surface area contributed by atoms with Gasteiger partial charge >= 0.3 is 0 Å². The maximum atomic E-state index is 11.8. The minimum absolute atomic E-state index is 0.0553. The van der Waals surface area contributed by atoms with E-state index in [-0.39, 0.29) is 5.91 Å². The number of aromatic nitrogens is 2. The topological polar surface area (TPSA) is 59.0 Å². The molecule has 1 aromatic rings. The molecular formula is C13H24N4O. The van der Waals surface area contributed by atoms with Gasteiger partial charge in [0.05, 0.1) is 17.1 Å². The van der Waals surface area contributed by atoms with Crippen LogP contribution < -0.4 is 10.6 Å². The van der Waals surface area contributed by atoms with Crippen molar-refractivity contribution < 1.29 is 4.79 Å². The van der Waals surface area contributed by atoms with E-state index in [9.17, 15) is 4.79 Å². The van der Waals surface area contributed by atoms with Gasteiger partial charge in [-0.1, -0.05) is 13.8 Å². The number of carbonyl (C=O) groups is 1. The quantitative estimate of drug-likeness (QED) is 0.758. The van der Waals surface area contributed by atoms with Crippen LogP contribution in [-0.4, -0.2) is 28.3 Å². The largest absolute Gasteiger partial charge is 0.323 e. The molecule has 0 aliphatic rings. The van der Waals surface area contributed by atoms with Crippen LogP contribution in [0.4, 0.5) is 5.69 Å². The summed E-state index contributed by atoms with van der Waals surface area (Å²) in [5, 5.41) is 10.5. The second kappa shape index (κ2) is 6.54. The first-order chi connectivity index (χ1) is 8.41. The van der Waals surface area contributed by atoms with E-state index >= 15 is 0 Å². The van der Waals surface area contributed by atoms with E-state index in [1.54, 1.807) is 4.68 Å². The van der Waals surface area contributed by atoms with Gasteiger partial charge in [0, 0.05) is 19.5 Å². The van der Waals surface area contributed by atoms with Gasteiger partial charge in [0.1, 0.15) is 0 Å². The molecule has 1 amide bonds. The lowest BCUT2D eigenvalue weighted by Crippen LogP contribution is -2.24. The number of hydrogen-bond acceptors (Lipinski definition) is 3. The number of rotatable bonds is 6. The van der Waals surface area contributed by atoms with Crippen molar-refractivity contribution in [2.24, 2.45) is 7.05 Å². The summed E-state index contributed by atoms with van der Waals surface area (Å²) in [6.45, 7) is 8.93. The Bertz CT molecular complexity index is 409. The van der Waals surface area contributed by atoms with Gasteiger partial charge in [-0.3, -0.25) is 9.48 Å². The number of hydrogen-bond donors (Lipinski definition) is 2. The third kappa shape index (κ3) is 4.14. The first-order valence-corrected chi connectivity index (χ1v) is 6.45. The molecule has 0 atom stereocenters. The number of anilines is 1. The third-order valence-corrected chi connectivity index (χ3v) is 2.91. The van der Waals surface area contributed by atoms with Crippen molar-refractivity contribution in [3.8, 4) is 0 Å². The van der Waals surface area contributed by atoms with Gasteiger partial charge in [0.2, 0.25) is 5.91 Å². The highest BCUT2D eigenvalue weighted by Gasteiger charge is 2.11. The van der Waals surface area contributed by atoms with Crippen LogP contribution in [0.1, 0.15) is 38.1 Å². The summed E-state index contributed by atoms with van der Waals surface area (Å²) in [5.41, 5.74) is 2.70. The molecular weight excluding hydrogens is 228 g/mol. The lowest BCUT2D eigenvalue weighted by molar-refractivity contribution is -0.116. The molecule has 5 heteroatoms. The molecule has 0 saturated heterocycles. The van der Waals surface area contributed by atoms with Crippen LogP contribution in [0.3, 0.4) is 0 Å². The maximum Gasteiger partial charge on any atom is 0.224 e. The Labute approximate surface area is 109 Å². The fourth-order valence-corrected chi connectivity index (χ4v) is 1.80. The summed E-state index contributed by atoms with van der Waals surface area (Å²) in [6, 6.07) is 0.468. The van der Waals surface area contributed by atoms with Gasteiger partial charge in [0.25, 0.3) is 0 Å². The molecule has 0 aliphatic carbocycles. The van der Waals surface area contributed by atoms with Crippen molar-refractivity contribution in [2.75, 3.05) is 11.9 Å². The van der Waals surface area contributed by atoms with Crippen LogP contribution in [0.5, 0.6) is 0 Å². The summed E-state index contributed by atoms with van der Waals surface area (Å²) in [7, 11) is 1.88. The number of nitrogens with one attached hydrogen (secondary N) is 2. The number of carbonyl (C=O) groups excluding carboxylic acids is 1. The molecule has 0 aromatic carbocycles. The van der Waals surface area contributed by atoms with Gasteiger partial charge in [0.15, 0.2) is 0 Å². The Morgan fingerprint density at radius 3 is 2.56 bits per heavy atom. The summed E-state index contributed by atoms with van der Waals surface area (Å²) < 4.78 is 1.78. The van der Waals surface area contributed by atoms with Crippen LogP contribution in [0, 0.1) is 13.8 Å². The highest BCUT2D eigenvalue weighted by atomic mass is 16.1. The lowest BCUT2D eigenvalue weighted by atomic mass is 10.2. The Balaban J connectivity index is 2.40. The molecule has 0 fully saturated rings. The van der Waals surface area contributed by atoms with Gasteiger partial charge in [-0.2, -0.15) is 5.10 Å².